The van der Waals surface area contributed by atoms with Gasteiger partial charge in [-0.3, -0.25) is 9.78 Å². The monoisotopic (exact) mass is 453 g/mol. The average Bonchev–Trinajstić information content (AvgIpc) is 2.79. The zero-order chi connectivity index (χ0) is 23.5. The molecule has 3 heterocycles. The number of pyridine rings is 1. The fourth-order valence-corrected chi connectivity index (χ4v) is 3.92. The van der Waals surface area contributed by atoms with Crippen LogP contribution in [0, 0.1) is 17.6 Å². The number of hydrogen-bond donors (Lipinski definition) is 2. The summed E-state index contributed by atoms with van der Waals surface area (Å²) in [7, 11) is 0. The second-order valence-corrected chi connectivity index (χ2v) is 8.42. The van der Waals surface area contributed by atoms with Gasteiger partial charge >= 0.3 is 0 Å². The number of aromatic nitrogens is 3. The largest absolute Gasteiger partial charge is 0.370 e. The van der Waals surface area contributed by atoms with Crippen molar-refractivity contribution >= 4 is 11.6 Å². The number of carbonyl (C=O) groups excluding carboxylic acids is 1. The molecular weight excluding hydrogens is 428 g/mol. The van der Waals surface area contributed by atoms with Crippen molar-refractivity contribution in [3.05, 3.63) is 71.8 Å². The molecule has 9 heteroatoms. The summed E-state index contributed by atoms with van der Waals surface area (Å²) in [5.74, 6) is -2.10. The van der Waals surface area contributed by atoms with Gasteiger partial charge in [0.25, 0.3) is 5.91 Å². The molecule has 1 amide bonds. The molecule has 3 atom stereocenters. The molecule has 1 aromatic carbocycles. The van der Waals surface area contributed by atoms with E-state index in [2.05, 4.69) is 34.1 Å². The van der Waals surface area contributed by atoms with Gasteiger partial charge in [-0.1, -0.05) is 19.9 Å². The van der Waals surface area contributed by atoms with E-state index < -0.39 is 23.1 Å². The molecule has 0 spiro atoms. The Labute approximate surface area is 190 Å². The summed E-state index contributed by atoms with van der Waals surface area (Å²) in [4.78, 5) is 25.1. The van der Waals surface area contributed by atoms with Crippen molar-refractivity contribution in [1.29, 1.82) is 0 Å². The fraction of sp³-hybridized carbons (Fsp3) is 0.333. The first-order chi connectivity index (χ1) is 15.8. The lowest BCUT2D eigenvalue weighted by Crippen LogP contribution is -2.39. The molecular formula is C24H25F2N5O2. The second kappa shape index (κ2) is 9.68. The molecule has 0 saturated carbocycles. The van der Waals surface area contributed by atoms with Crippen molar-refractivity contribution < 1.29 is 18.3 Å². The van der Waals surface area contributed by atoms with Crippen molar-refractivity contribution in [3.8, 4) is 11.4 Å². The normalized spacial score (nSPS) is 20.6. The van der Waals surface area contributed by atoms with Crippen LogP contribution < -0.4 is 11.1 Å². The Bertz CT molecular complexity index is 1140. The first-order valence-corrected chi connectivity index (χ1v) is 10.8. The average molecular weight is 453 g/mol. The predicted octanol–water partition coefficient (Wildman–Crippen LogP) is 4.27. The number of halogens is 2. The third kappa shape index (κ3) is 5.04. The fourth-order valence-electron chi connectivity index (χ4n) is 3.92. The van der Waals surface area contributed by atoms with E-state index >= 15 is 0 Å². The van der Waals surface area contributed by atoms with Gasteiger partial charge in [-0.25, -0.2) is 18.7 Å². The lowest BCUT2D eigenvalue weighted by atomic mass is 9.90. The predicted molar refractivity (Wildman–Crippen MR) is 119 cm³/mol. The van der Waals surface area contributed by atoms with Gasteiger partial charge in [0.2, 0.25) is 0 Å². The summed E-state index contributed by atoms with van der Waals surface area (Å²) >= 11 is 0. The van der Waals surface area contributed by atoms with Crippen molar-refractivity contribution in [2.24, 2.45) is 11.7 Å². The van der Waals surface area contributed by atoms with Crippen LogP contribution in [0.25, 0.3) is 11.4 Å². The molecule has 0 aliphatic carbocycles. The van der Waals surface area contributed by atoms with E-state index in [0.717, 1.165) is 24.1 Å². The Morgan fingerprint density at radius 1 is 1.15 bits per heavy atom. The van der Waals surface area contributed by atoms with Crippen LogP contribution in [0.3, 0.4) is 0 Å². The quantitative estimate of drug-likeness (QED) is 0.598. The number of nitrogens with two attached hydrogens (primary N) is 1. The molecule has 33 heavy (non-hydrogen) atoms. The first kappa shape index (κ1) is 22.9. The molecule has 1 aliphatic heterocycles. The molecule has 1 saturated heterocycles. The van der Waals surface area contributed by atoms with Crippen molar-refractivity contribution in [2.45, 2.75) is 44.9 Å². The molecule has 172 valence electrons. The van der Waals surface area contributed by atoms with E-state index in [1.165, 1.54) is 24.5 Å². The molecule has 3 N–H and O–H groups in total. The number of benzene rings is 1. The summed E-state index contributed by atoms with van der Waals surface area (Å²) in [5.41, 5.74) is 7.05. The summed E-state index contributed by atoms with van der Waals surface area (Å²) in [5, 5.41) is 2.79. The number of anilines is 1. The van der Waals surface area contributed by atoms with Gasteiger partial charge in [0.1, 0.15) is 17.3 Å². The maximum absolute atomic E-state index is 14.1. The third-order valence-electron chi connectivity index (χ3n) is 5.66. The highest BCUT2D eigenvalue weighted by Crippen LogP contribution is 2.36. The van der Waals surface area contributed by atoms with Crippen LogP contribution in [-0.2, 0) is 4.74 Å². The Kier molecular flexibility index (Phi) is 6.71. The molecule has 7 nitrogen and oxygen atoms in total. The van der Waals surface area contributed by atoms with E-state index in [0.29, 0.717) is 18.0 Å². The van der Waals surface area contributed by atoms with Gasteiger partial charge < -0.3 is 15.8 Å². The molecule has 0 radical (unpaired) electrons. The third-order valence-corrected chi connectivity index (χ3v) is 5.66. The van der Waals surface area contributed by atoms with E-state index in [1.54, 1.807) is 12.3 Å². The number of rotatable bonds is 5. The zero-order valence-electron chi connectivity index (χ0n) is 18.3. The number of ether oxygens (including phenoxy) is 1. The van der Waals surface area contributed by atoms with E-state index in [4.69, 9.17) is 10.5 Å². The van der Waals surface area contributed by atoms with Crippen LogP contribution in [-0.4, -0.2) is 33.0 Å². The Morgan fingerprint density at radius 2 is 1.91 bits per heavy atom. The maximum atomic E-state index is 14.1. The second-order valence-electron chi connectivity index (χ2n) is 8.42. The first-order valence-electron chi connectivity index (χ1n) is 10.8. The van der Waals surface area contributed by atoms with Crippen molar-refractivity contribution in [2.75, 3.05) is 5.32 Å². The molecule has 4 rings (SSSR count). The van der Waals surface area contributed by atoms with Crippen LogP contribution in [0.1, 0.15) is 48.8 Å². The Morgan fingerprint density at radius 3 is 2.64 bits per heavy atom. The van der Waals surface area contributed by atoms with Crippen molar-refractivity contribution in [1.82, 2.24) is 15.0 Å². The highest BCUT2D eigenvalue weighted by molar-refractivity contribution is 6.03. The van der Waals surface area contributed by atoms with Gasteiger partial charge in [0.05, 0.1) is 29.7 Å². The van der Waals surface area contributed by atoms with E-state index in [9.17, 15) is 13.6 Å². The lowest BCUT2D eigenvalue weighted by molar-refractivity contribution is -0.0787. The van der Waals surface area contributed by atoms with Gasteiger partial charge in [0, 0.05) is 24.0 Å². The standard InChI is InChI=1S/C24H25F2N5O2/c1-13(2)20-10-14(27)11-21(33-20)15-6-8-28-12-19(15)31-24(32)18-7-9-29-23(30-18)22-16(25)4-3-5-17(22)26/h3-9,12-14,20-21H,10-11,27H2,1-2H3,(H,31,32). The molecule has 1 fully saturated rings. The maximum Gasteiger partial charge on any atom is 0.274 e. The molecule has 3 unspecified atom stereocenters. The van der Waals surface area contributed by atoms with Gasteiger partial charge in [-0.15, -0.1) is 0 Å². The van der Waals surface area contributed by atoms with Crippen LogP contribution in [0.5, 0.6) is 0 Å². The van der Waals surface area contributed by atoms with Crippen LogP contribution in [0.4, 0.5) is 14.5 Å². The van der Waals surface area contributed by atoms with Crippen LogP contribution in [0.2, 0.25) is 0 Å². The summed E-state index contributed by atoms with van der Waals surface area (Å²) in [6.45, 7) is 4.17. The molecule has 2 aromatic heterocycles. The highest BCUT2D eigenvalue weighted by atomic mass is 19.1. The van der Waals surface area contributed by atoms with Crippen LogP contribution >= 0.6 is 0 Å². The highest BCUT2D eigenvalue weighted by Gasteiger charge is 2.31. The van der Waals surface area contributed by atoms with Gasteiger partial charge in [-0.2, -0.15) is 0 Å². The molecule has 1 aliphatic rings. The zero-order valence-corrected chi connectivity index (χ0v) is 18.3. The van der Waals surface area contributed by atoms with Crippen molar-refractivity contribution in [3.63, 3.8) is 0 Å². The summed E-state index contributed by atoms with van der Waals surface area (Å²) in [6.07, 6.45) is 5.53. The topological polar surface area (TPSA) is 103 Å². The minimum absolute atomic E-state index is 0.00977. The minimum atomic E-state index is -0.812. The van der Waals surface area contributed by atoms with Crippen LogP contribution in [0.15, 0.2) is 48.9 Å². The number of nitrogens with one attached hydrogen (secondary N) is 1. The SMILES string of the molecule is CC(C)C1CC(N)CC(c2ccncc2NC(=O)c2ccnc(-c3c(F)cccc3F)n2)O1. The van der Waals surface area contributed by atoms with E-state index in [1.807, 2.05) is 0 Å². The van der Waals surface area contributed by atoms with Gasteiger partial charge in [0.15, 0.2) is 5.82 Å². The lowest BCUT2D eigenvalue weighted by Gasteiger charge is -2.36. The molecule has 3 aromatic rings. The summed E-state index contributed by atoms with van der Waals surface area (Å²) < 4.78 is 34.6. The molecule has 0 bridgehead atoms. The number of carbonyl (C=O) groups is 1. The van der Waals surface area contributed by atoms with E-state index in [-0.39, 0.29) is 29.8 Å². The number of amides is 1. The van der Waals surface area contributed by atoms with Gasteiger partial charge in [-0.05, 0) is 43.0 Å². The summed E-state index contributed by atoms with van der Waals surface area (Å²) in [6, 6.07) is 6.60. The number of nitrogens with zero attached hydrogens (tertiary/aromatic N) is 3. The smallest absolute Gasteiger partial charge is 0.274 e. The number of hydrogen-bond acceptors (Lipinski definition) is 6. The Balaban J connectivity index is 1.59. The Hall–Kier alpha value is -3.30. The minimum Gasteiger partial charge on any atom is -0.370 e.